The molecule has 2 aromatic rings. The highest BCUT2D eigenvalue weighted by Crippen LogP contribution is 2.12. The van der Waals surface area contributed by atoms with Gasteiger partial charge in [0.2, 0.25) is 10.0 Å². The number of rotatable bonds is 6. The van der Waals surface area contributed by atoms with Crippen molar-refractivity contribution < 1.29 is 8.42 Å². The zero-order valence-corrected chi connectivity index (χ0v) is 12.4. The Morgan fingerprint density at radius 2 is 2.00 bits per heavy atom. The Hall–Kier alpha value is -0.950. The molecule has 4 nitrogen and oxygen atoms in total. The number of aromatic nitrogens is 1. The number of sulfonamides is 1. The maximum atomic E-state index is 12.0. The van der Waals surface area contributed by atoms with Gasteiger partial charge in [0.1, 0.15) is 0 Å². The molecule has 0 aliphatic rings. The first-order valence-electron chi connectivity index (χ1n) is 5.65. The second-order valence-corrected chi connectivity index (χ2v) is 6.86. The molecule has 1 N–H and O–H groups in total. The van der Waals surface area contributed by atoms with E-state index in [1.54, 1.807) is 30.5 Å². The zero-order valence-electron chi connectivity index (χ0n) is 10.0. The third-order valence-corrected chi connectivity index (χ3v) is 5.13. The minimum Gasteiger partial charge on any atom is -0.250 e. The van der Waals surface area contributed by atoms with Crippen LogP contribution in [0.1, 0.15) is 10.6 Å². The van der Waals surface area contributed by atoms with Gasteiger partial charge in [-0.25, -0.2) is 18.1 Å². The maximum absolute atomic E-state index is 12.0. The number of benzene rings is 1. The monoisotopic (exact) mass is 316 g/mol. The molecule has 1 aromatic carbocycles. The van der Waals surface area contributed by atoms with Crippen LogP contribution >= 0.6 is 22.9 Å². The second kappa shape index (κ2) is 6.47. The number of nitrogens with one attached hydrogen (secondary N) is 1. The zero-order chi connectivity index (χ0) is 13.7. The van der Waals surface area contributed by atoms with Crippen molar-refractivity contribution in [2.45, 2.75) is 17.2 Å². The van der Waals surface area contributed by atoms with Gasteiger partial charge in [-0.15, -0.1) is 22.9 Å². The van der Waals surface area contributed by atoms with Crippen molar-refractivity contribution in [2.24, 2.45) is 0 Å². The van der Waals surface area contributed by atoms with E-state index in [0.717, 1.165) is 10.6 Å². The average Bonchev–Trinajstić information content (AvgIpc) is 2.92. The molecule has 7 heteroatoms. The van der Waals surface area contributed by atoms with E-state index >= 15 is 0 Å². The Kier molecular flexibility index (Phi) is 4.93. The summed E-state index contributed by atoms with van der Waals surface area (Å²) in [6.45, 7) is 0.340. The first kappa shape index (κ1) is 14.5. The van der Waals surface area contributed by atoms with Gasteiger partial charge in [-0.05, 0) is 17.7 Å². The van der Waals surface area contributed by atoms with E-state index in [-0.39, 0.29) is 4.90 Å². The molecule has 0 aliphatic heterocycles. The van der Waals surface area contributed by atoms with Gasteiger partial charge in [-0.3, -0.25) is 0 Å². The highest BCUT2D eigenvalue weighted by molar-refractivity contribution is 7.89. The minimum atomic E-state index is -3.45. The fourth-order valence-electron chi connectivity index (χ4n) is 1.51. The summed E-state index contributed by atoms with van der Waals surface area (Å²) in [7, 11) is -3.45. The van der Waals surface area contributed by atoms with Crippen LogP contribution in [0, 0.1) is 0 Å². The van der Waals surface area contributed by atoms with E-state index < -0.39 is 10.0 Å². The smallest absolute Gasteiger partial charge is 0.240 e. The van der Waals surface area contributed by atoms with E-state index in [2.05, 4.69) is 9.71 Å². The lowest BCUT2D eigenvalue weighted by Gasteiger charge is -2.06. The molecule has 0 radical (unpaired) electrons. The fraction of sp³-hybridized carbons (Fsp3) is 0.250. The summed E-state index contributed by atoms with van der Waals surface area (Å²) in [6, 6.07) is 6.54. The summed E-state index contributed by atoms with van der Waals surface area (Å²) in [5, 5.41) is 2.79. The van der Waals surface area contributed by atoms with Crippen LogP contribution in [0.4, 0.5) is 0 Å². The van der Waals surface area contributed by atoms with Crippen molar-refractivity contribution in [1.29, 1.82) is 0 Å². The average molecular weight is 317 g/mol. The van der Waals surface area contributed by atoms with Crippen LogP contribution in [-0.4, -0.2) is 19.9 Å². The van der Waals surface area contributed by atoms with Crippen LogP contribution < -0.4 is 4.72 Å². The van der Waals surface area contributed by atoms with Crippen LogP contribution in [0.25, 0.3) is 0 Å². The van der Waals surface area contributed by atoms with Crippen LogP contribution in [0.15, 0.2) is 40.7 Å². The molecule has 0 amide bonds. The largest absolute Gasteiger partial charge is 0.250 e. The number of nitrogens with zero attached hydrogens (tertiary/aromatic N) is 1. The molecule has 0 saturated heterocycles. The number of halogens is 1. The van der Waals surface area contributed by atoms with Crippen LogP contribution in [0.5, 0.6) is 0 Å². The molecule has 0 spiro atoms. The number of thiazole rings is 1. The predicted octanol–water partition coefficient (Wildman–Crippen LogP) is 2.40. The Labute approximate surface area is 121 Å². The quantitative estimate of drug-likeness (QED) is 0.833. The first-order chi connectivity index (χ1) is 9.12. The van der Waals surface area contributed by atoms with Gasteiger partial charge in [-0.2, -0.15) is 0 Å². The molecular formula is C12H13ClN2O2S2. The number of alkyl halides is 1. The third kappa shape index (κ3) is 4.01. The highest BCUT2D eigenvalue weighted by Gasteiger charge is 2.13. The van der Waals surface area contributed by atoms with Crippen LogP contribution in [-0.2, 0) is 22.3 Å². The van der Waals surface area contributed by atoms with Gasteiger partial charge < -0.3 is 0 Å². The summed E-state index contributed by atoms with van der Waals surface area (Å²) in [4.78, 5) is 4.35. The third-order valence-electron chi connectivity index (χ3n) is 2.50. The predicted molar refractivity (Wildman–Crippen MR) is 77.0 cm³/mol. The van der Waals surface area contributed by atoms with Crippen LogP contribution in [0.3, 0.4) is 0 Å². The molecule has 2 rings (SSSR count). The Morgan fingerprint density at radius 1 is 1.26 bits per heavy atom. The van der Waals surface area contributed by atoms with Gasteiger partial charge in [-0.1, -0.05) is 12.1 Å². The van der Waals surface area contributed by atoms with E-state index in [1.807, 2.05) is 5.38 Å². The Balaban J connectivity index is 1.97. The van der Waals surface area contributed by atoms with E-state index in [9.17, 15) is 8.42 Å². The van der Waals surface area contributed by atoms with Crippen molar-refractivity contribution in [3.8, 4) is 0 Å². The number of hydrogen-bond acceptors (Lipinski definition) is 4. The second-order valence-electron chi connectivity index (χ2n) is 3.85. The lowest BCUT2D eigenvalue weighted by atomic mass is 10.2. The highest BCUT2D eigenvalue weighted by atomic mass is 35.5. The molecule has 19 heavy (non-hydrogen) atoms. The molecular weight excluding hydrogens is 304 g/mol. The molecule has 0 atom stereocenters. The van der Waals surface area contributed by atoms with E-state index in [4.69, 9.17) is 11.6 Å². The normalized spacial score (nSPS) is 11.6. The summed E-state index contributed by atoms with van der Waals surface area (Å²) in [6.07, 6.45) is 2.30. The van der Waals surface area contributed by atoms with E-state index in [0.29, 0.717) is 18.8 Å². The van der Waals surface area contributed by atoms with Crippen molar-refractivity contribution in [3.63, 3.8) is 0 Å². The molecule has 0 aliphatic carbocycles. The van der Waals surface area contributed by atoms with Gasteiger partial charge >= 0.3 is 0 Å². The van der Waals surface area contributed by atoms with Gasteiger partial charge in [0, 0.05) is 30.4 Å². The van der Waals surface area contributed by atoms with Gasteiger partial charge in [0.05, 0.1) is 9.90 Å². The van der Waals surface area contributed by atoms with Crippen molar-refractivity contribution in [2.75, 3.05) is 6.54 Å². The van der Waals surface area contributed by atoms with Gasteiger partial charge in [0.25, 0.3) is 0 Å². The molecule has 0 saturated carbocycles. The van der Waals surface area contributed by atoms with Crippen molar-refractivity contribution in [1.82, 2.24) is 9.71 Å². The molecule has 0 bridgehead atoms. The summed E-state index contributed by atoms with van der Waals surface area (Å²) in [5.41, 5.74) is 0.892. The molecule has 1 aromatic heterocycles. The molecule has 102 valence electrons. The summed E-state index contributed by atoms with van der Waals surface area (Å²) in [5.74, 6) is 0.373. The van der Waals surface area contributed by atoms with Crippen molar-refractivity contribution >= 4 is 33.0 Å². The van der Waals surface area contributed by atoms with Gasteiger partial charge in [0.15, 0.2) is 0 Å². The first-order valence-corrected chi connectivity index (χ1v) is 8.54. The SMILES string of the molecule is O=S(=O)(NCCc1nccs1)c1ccc(CCl)cc1. The van der Waals surface area contributed by atoms with E-state index in [1.165, 1.54) is 11.3 Å². The number of hydrogen-bond donors (Lipinski definition) is 1. The van der Waals surface area contributed by atoms with Crippen LogP contribution in [0.2, 0.25) is 0 Å². The summed E-state index contributed by atoms with van der Waals surface area (Å²) >= 11 is 7.18. The lowest BCUT2D eigenvalue weighted by Crippen LogP contribution is -2.25. The topological polar surface area (TPSA) is 59.1 Å². The van der Waals surface area contributed by atoms with Crippen molar-refractivity contribution in [3.05, 3.63) is 46.4 Å². The molecule has 0 fully saturated rings. The fourth-order valence-corrected chi connectivity index (χ4v) is 3.34. The Bertz CT molecular complexity index is 610. The molecule has 1 heterocycles. The maximum Gasteiger partial charge on any atom is 0.240 e. The standard InChI is InChI=1S/C12H13ClN2O2S2/c13-9-10-1-3-11(4-2-10)19(16,17)15-6-5-12-14-7-8-18-12/h1-4,7-8,15H,5-6,9H2. The summed E-state index contributed by atoms with van der Waals surface area (Å²) < 4.78 is 26.6. The lowest BCUT2D eigenvalue weighted by molar-refractivity contribution is 0.581. The Morgan fingerprint density at radius 3 is 2.58 bits per heavy atom. The minimum absolute atomic E-state index is 0.250. The molecule has 0 unspecified atom stereocenters.